The first-order valence-electron chi connectivity index (χ1n) is 4.12. The summed E-state index contributed by atoms with van der Waals surface area (Å²) in [6.45, 7) is 0. The molecular formula is C8H8FN5O. The Morgan fingerprint density at radius 1 is 1.60 bits per heavy atom. The molecule has 0 spiro atoms. The molecule has 7 heteroatoms. The van der Waals surface area contributed by atoms with Gasteiger partial charge in [-0.05, 0) is 0 Å². The van der Waals surface area contributed by atoms with Crippen LogP contribution in [0.25, 0.3) is 11.4 Å². The Balaban J connectivity index is 2.60. The average Bonchev–Trinajstić information content (AvgIpc) is 2.53. The van der Waals surface area contributed by atoms with E-state index >= 15 is 0 Å². The number of nitrogens with two attached hydrogens (primary N) is 1. The summed E-state index contributed by atoms with van der Waals surface area (Å²) in [5, 5.41) is 2.66. The van der Waals surface area contributed by atoms with Gasteiger partial charge in [0.1, 0.15) is 5.56 Å². The maximum absolute atomic E-state index is 12.8. The van der Waals surface area contributed by atoms with Gasteiger partial charge in [0.05, 0.1) is 6.20 Å². The quantitative estimate of drug-likeness (QED) is 0.685. The van der Waals surface area contributed by atoms with Crippen molar-refractivity contribution in [2.75, 3.05) is 5.73 Å². The third-order valence-corrected chi connectivity index (χ3v) is 1.95. The molecular weight excluding hydrogens is 201 g/mol. The van der Waals surface area contributed by atoms with Crippen molar-refractivity contribution in [1.29, 1.82) is 0 Å². The van der Waals surface area contributed by atoms with E-state index in [9.17, 15) is 9.18 Å². The van der Waals surface area contributed by atoms with E-state index in [2.05, 4.69) is 15.1 Å². The summed E-state index contributed by atoms with van der Waals surface area (Å²) in [7, 11) is 1.55. The number of nitrogens with zero attached hydrogens (tertiary/aromatic N) is 3. The molecule has 0 aliphatic carbocycles. The largest absolute Gasteiger partial charge is 0.381 e. The standard InChI is InChI=1S/C8H8FN5O/c1-14-8(15)4(2-12-14)7-11-3-5(9)6(10)13-7/h2-3,12H,1H3,(H2,10,11,13). The van der Waals surface area contributed by atoms with Crippen LogP contribution < -0.4 is 11.3 Å². The van der Waals surface area contributed by atoms with E-state index in [0.717, 1.165) is 6.20 Å². The van der Waals surface area contributed by atoms with E-state index in [-0.39, 0.29) is 22.8 Å². The molecule has 0 fully saturated rings. The maximum Gasteiger partial charge on any atom is 0.277 e. The van der Waals surface area contributed by atoms with Gasteiger partial charge in [-0.15, -0.1) is 0 Å². The van der Waals surface area contributed by atoms with E-state index in [0.29, 0.717) is 0 Å². The Hall–Kier alpha value is -2.18. The molecule has 2 aromatic rings. The van der Waals surface area contributed by atoms with Gasteiger partial charge in [0, 0.05) is 13.2 Å². The molecule has 0 bridgehead atoms. The highest BCUT2D eigenvalue weighted by atomic mass is 19.1. The number of nitrogen functional groups attached to an aromatic ring is 1. The van der Waals surface area contributed by atoms with Gasteiger partial charge in [-0.1, -0.05) is 0 Å². The minimum atomic E-state index is -0.703. The smallest absolute Gasteiger partial charge is 0.277 e. The van der Waals surface area contributed by atoms with E-state index < -0.39 is 5.82 Å². The molecule has 0 saturated carbocycles. The Morgan fingerprint density at radius 2 is 2.33 bits per heavy atom. The summed E-state index contributed by atoms with van der Waals surface area (Å²) in [6, 6.07) is 0. The van der Waals surface area contributed by atoms with Crippen molar-refractivity contribution in [3.05, 3.63) is 28.6 Å². The molecule has 3 N–H and O–H groups in total. The number of anilines is 1. The lowest BCUT2D eigenvalue weighted by molar-refractivity contribution is 0.620. The van der Waals surface area contributed by atoms with Crippen LogP contribution in [0.15, 0.2) is 17.2 Å². The summed E-state index contributed by atoms with van der Waals surface area (Å²) in [4.78, 5) is 18.8. The monoisotopic (exact) mass is 209 g/mol. The molecule has 0 radical (unpaired) electrons. The zero-order chi connectivity index (χ0) is 11.0. The number of H-pyrrole nitrogens is 1. The van der Waals surface area contributed by atoms with Crippen LogP contribution >= 0.6 is 0 Å². The van der Waals surface area contributed by atoms with Crippen molar-refractivity contribution < 1.29 is 4.39 Å². The summed E-state index contributed by atoms with van der Waals surface area (Å²) in [6.07, 6.45) is 2.37. The maximum atomic E-state index is 12.8. The second kappa shape index (κ2) is 3.19. The van der Waals surface area contributed by atoms with Crippen molar-refractivity contribution in [2.45, 2.75) is 0 Å². The average molecular weight is 209 g/mol. The van der Waals surface area contributed by atoms with E-state index in [1.807, 2.05) is 0 Å². The fourth-order valence-corrected chi connectivity index (χ4v) is 1.13. The van der Waals surface area contributed by atoms with Crippen molar-refractivity contribution in [2.24, 2.45) is 7.05 Å². The molecule has 15 heavy (non-hydrogen) atoms. The third kappa shape index (κ3) is 1.47. The number of hydrogen-bond donors (Lipinski definition) is 2. The second-order valence-corrected chi connectivity index (χ2v) is 2.98. The van der Waals surface area contributed by atoms with Gasteiger partial charge >= 0.3 is 0 Å². The van der Waals surface area contributed by atoms with Gasteiger partial charge in [0.25, 0.3) is 5.56 Å². The third-order valence-electron chi connectivity index (χ3n) is 1.95. The lowest BCUT2D eigenvalue weighted by atomic mass is 10.3. The SMILES string of the molecule is Cn1[nH]cc(-c2ncc(F)c(N)n2)c1=O. The molecule has 78 valence electrons. The second-order valence-electron chi connectivity index (χ2n) is 2.98. The highest BCUT2D eigenvalue weighted by Gasteiger charge is 2.11. The van der Waals surface area contributed by atoms with Gasteiger partial charge in [-0.25, -0.2) is 14.4 Å². The lowest BCUT2D eigenvalue weighted by Crippen LogP contribution is -2.14. The van der Waals surface area contributed by atoms with Crippen LogP contribution in [0.1, 0.15) is 0 Å². The first-order chi connectivity index (χ1) is 7.09. The van der Waals surface area contributed by atoms with Gasteiger partial charge in [-0.2, -0.15) is 0 Å². The van der Waals surface area contributed by atoms with Crippen molar-refractivity contribution in [3.8, 4) is 11.4 Å². The van der Waals surface area contributed by atoms with E-state index in [1.165, 1.54) is 10.9 Å². The summed E-state index contributed by atoms with van der Waals surface area (Å²) >= 11 is 0. The van der Waals surface area contributed by atoms with E-state index in [1.54, 1.807) is 7.05 Å². The molecule has 6 nitrogen and oxygen atoms in total. The minimum Gasteiger partial charge on any atom is -0.381 e. The highest BCUT2D eigenvalue weighted by Crippen LogP contribution is 2.12. The van der Waals surface area contributed by atoms with Crippen LogP contribution in [0.5, 0.6) is 0 Å². The zero-order valence-corrected chi connectivity index (χ0v) is 7.86. The van der Waals surface area contributed by atoms with Crippen LogP contribution in [0, 0.1) is 5.82 Å². The van der Waals surface area contributed by atoms with Crippen LogP contribution in [-0.2, 0) is 7.05 Å². The van der Waals surface area contributed by atoms with Gasteiger partial charge in [0.15, 0.2) is 17.5 Å². The number of aromatic amines is 1. The fourth-order valence-electron chi connectivity index (χ4n) is 1.13. The summed E-state index contributed by atoms with van der Waals surface area (Å²) in [5.74, 6) is -0.870. The Kier molecular flexibility index (Phi) is 2.00. The number of aryl methyl sites for hydroxylation is 1. The number of nitrogens with one attached hydrogen (secondary N) is 1. The zero-order valence-electron chi connectivity index (χ0n) is 7.86. The first-order valence-corrected chi connectivity index (χ1v) is 4.12. The number of rotatable bonds is 1. The van der Waals surface area contributed by atoms with E-state index in [4.69, 9.17) is 5.73 Å². The Labute approximate surface area is 83.6 Å². The molecule has 2 aromatic heterocycles. The number of halogens is 1. The number of hydrogen-bond acceptors (Lipinski definition) is 4. The fraction of sp³-hybridized carbons (Fsp3) is 0.125. The molecule has 0 aliphatic rings. The molecule has 2 heterocycles. The normalized spacial score (nSPS) is 10.5. The predicted molar refractivity (Wildman–Crippen MR) is 51.4 cm³/mol. The molecule has 0 aliphatic heterocycles. The molecule has 0 saturated heterocycles. The van der Waals surface area contributed by atoms with Crippen molar-refractivity contribution >= 4 is 5.82 Å². The van der Waals surface area contributed by atoms with Crippen molar-refractivity contribution in [1.82, 2.24) is 19.7 Å². The highest BCUT2D eigenvalue weighted by molar-refractivity contribution is 5.53. The lowest BCUT2D eigenvalue weighted by Gasteiger charge is -1.97. The molecule has 0 atom stereocenters. The van der Waals surface area contributed by atoms with Crippen LogP contribution in [-0.4, -0.2) is 19.7 Å². The van der Waals surface area contributed by atoms with Crippen LogP contribution in [0.3, 0.4) is 0 Å². The Morgan fingerprint density at radius 3 is 2.87 bits per heavy atom. The predicted octanol–water partition coefficient (Wildman–Crippen LogP) is -0.108. The van der Waals surface area contributed by atoms with Crippen LogP contribution in [0.4, 0.5) is 10.2 Å². The van der Waals surface area contributed by atoms with Crippen molar-refractivity contribution in [3.63, 3.8) is 0 Å². The molecule has 0 aromatic carbocycles. The summed E-state index contributed by atoms with van der Waals surface area (Å²) in [5.41, 5.74) is 5.23. The Bertz CT molecular complexity index is 558. The van der Waals surface area contributed by atoms with Crippen LogP contribution in [0.2, 0.25) is 0 Å². The van der Waals surface area contributed by atoms with Gasteiger partial charge in [-0.3, -0.25) is 9.48 Å². The first kappa shape index (κ1) is 9.38. The number of aromatic nitrogens is 4. The topological polar surface area (TPSA) is 89.6 Å². The molecule has 0 unspecified atom stereocenters. The minimum absolute atomic E-state index is 0.107. The summed E-state index contributed by atoms with van der Waals surface area (Å²) < 4.78 is 14.0. The molecule has 2 rings (SSSR count). The van der Waals surface area contributed by atoms with Gasteiger partial charge < -0.3 is 10.8 Å². The molecule has 0 amide bonds. The van der Waals surface area contributed by atoms with Gasteiger partial charge in [0.2, 0.25) is 0 Å².